The summed E-state index contributed by atoms with van der Waals surface area (Å²) in [5.74, 6) is -0.164. The summed E-state index contributed by atoms with van der Waals surface area (Å²) in [6, 6.07) is 13.3. The molecule has 0 aliphatic carbocycles. The van der Waals surface area contributed by atoms with Gasteiger partial charge >= 0.3 is 0 Å². The molecule has 0 amide bonds. The van der Waals surface area contributed by atoms with Gasteiger partial charge in [-0.3, -0.25) is 0 Å². The normalized spacial score (nSPS) is 12.9. The maximum Gasteiger partial charge on any atom is 0.243 e. The van der Waals surface area contributed by atoms with E-state index in [1.165, 1.54) is 10.4 Å². The van der Waals surface area contributed by atoms with Crippen molar-refractivity contribution < 1.29 is 16.8 Å². The lowest BCUT2D eigenvalue weighted by Crippen LogP contribution is -2.31. The highest BCUT2D eigenvalue weighted by Crippen LogP contribution is 2.18. The van der Waals surface area contributed by atoms with Gasteiger partial charge in [0.05, 0.1) is 15.5 Å². The monoisotopic (exact) mass is 433 g/mol. The molecule has 0 N–H and O–H groups in total. The molecule has 0 saturated carbocycles. The molecule has 0 saturated heterocycles. The van der Waals surface area contributed by atoms with E-state index in [0.717, 1.165) is 11.1 Å². The molecule has 0 aromatic heterocycles. The van der Waals surface area contributed by atoms with E-state index in [-0.39, 0.29) is 28.6 Å². The molecule has 156 valence electrons. The number of sulfonamides is 1. The highest BCUT2D eigenvalue weighted by molar-refractivity contribution is 7.91. The summed E-state index contributed by atoms with van der Waals surface area (Å²) in [4.78, 5) is 0.453. The fourth-order valence-corrected chi connectivity index (χ4v) is 5.50. The van der Waals surface area contributed by atoms with Gasteiger partial charge in [0, 0.05) is 13.1 Å². The summed E-state index contributed by atoms with van der Waals surface area (Å²) in [5.41, 5.74) is 2.53. The van der Waals surface area contributed by atoms with Crippen LogP contribution in [0.15, 0.2) is 82.6 Å². The minimum atomic E-state index is -3.71. The van der Waals surface area contributed by atoms with E-state index in [4.69, 9.17) is 0 Å². The first-order valence-electron chi connectivity index (χ1n) is 9.19. The molecular weight excluding hydrogens is 406 g/mol. The first kappa shape index (κ1) is 23.1. The average Bonchev–Trinajstić information content (AvgIpc) is 2.65. The third kappa shape index (κ3) is 6.13. The van der Waals surface area contributed by atoms with Gasteiger partial charge in [0.1, 0.15) is 0 Å². The van der Waals surface area contributed by atoms with Crippen LogP contribution in [0.3, 0.4) is 0 Å². The molecule has 0 unspecified atom stereocenters. The maximum atomic E-state index is 12.9. The van der Waals surface area contributed by atoms with Crippen molar-refractivity contribution in [3.63, 3.8) is 0 Å². The van der Waals surface area contributed by atoms with Gasteiger partial charge in [-0.15, -0.1) is 6.58 Å². The maximum absolute atomic E-state index is 12.9. The second-order valence-corrected chi connectivity index (χ2v) is 11.0. The molecule has 2 aromatic rings. The van der Waals surface area contributed by atoms with Gasteiger partial charge in [0.15, 0.2) is 9.84 Å². The lowest BCUT2D eigenvalue weighted by atomic mass is 10.2. The molecule has 0 atom stereocenters. The van der Waals surface area contributed by atoms with Gasteiger partial charge < -0.3 is 0 Å². The third-order valence-electron chi connectivity index (χ3n) is 4.43. The van der Waals surface area contributed by atoms with Crippen molar-refractivity contribution in [1.29, 1.82) is 0 Å². The van der Waals surface area contributed by atoms with E-state index in [1.54, 1.807) is 61.5 Å². The van der Waals surface area contributed by atoms with Crippen molar-refractivity contribution in [3.8, 4) is 0 Å². The van der Waals surface area contributed by atoms with Gasteiger partial charge in [0.25, 0.3) is 0 Å². The Labute approximate surface area is 174 Å². The summed E-state index contributed by atoms with van der Waals surface area (Å²) in [5, 5.41) is 0. The second kappa shape index (κ2) is 9.52. The van der Waals surface area contributed by atoms with Crippen LogP contribution in [0.2, 0.25) is 0 Å². The van der Waals surface area contributed by atoms with Crippen molar-refractivity contribution in [1.82, 2.24) is 4.31 Å². The minimum Gasteiger partial charge on any atom is -0.223 e. The van der Waals surface area contributed by atoms with Crippen LogP contribution in [-0.2, 0) is 19.9 Å². The van der Waals surface area contributed by atoms with E-state index in [0.29, 0.717) is 5.57 Å². The Morgan fingerprint density at radius 1 is 0.862 bits per heavy atom. The molecule has 2 aromatic carbocycles. The lowest BCUT2D eigenvalue weighted by molar-refractivity contribution is 0.473. The third-order valence-corrected chi connectivity index (χ3v) is 8.10. The number of aryl methyl sites for hydroxylation is 2. The first-order valence-corrected chi connectivity index (χ1v) is 12.3. The summed E-state index contributed by atoms with van der Waals surface area (Å²) in [7, 11) is -7.19. The largest absolute Gasteiger partial charge is 0.243 e. The Hall–Kier alpha value is -2.22. The quantitative estimate of drug-likeness (QED) is 0.562. The molecule has 0 bridgehead atoms. The molecule has 7 heteroatoms. The fraction of sp³-hybridized carbons (Fsp3) is 0.273. The zero-order valence-electron chi connectivity index (χ0n) is 17.0. The van der Waals surface area contributed by atoms with Crippen molar-refractivity contribution in [2.24, 2.45) is 0 Å². The smallest absolute Gasteiger partial charge is 0.223 e. The average molecular weight is 434 g/mol. The van der Waals surface area contributed by atoms with Crippen LogP contribution < -0.4 is 0 Å². The van der Waals surface area contributed by atoms with Crippen LogP contribution >= 0.6 is 0 Å². The van der Waals surface area contributed by atoms with E-state index in [1.807, 2.05) is 13.8 Å². The number of hydrogen-bond acceptors (Lipinski definition) is 4. The minimum absolute atomic E-state index is 0.0669. The van der Waals surface area contributed by atoms with Crippen molar-refractivity contribution in [2.75, 3.05) is 18.8 Å². The zero-order valence-corrected chi connectivity index (χ0v) is 18.6. The van der Waals surface area contributed by atoms with Crippen LogP contribution in [0.4, 0.5) is 0 Å². The molecule has 0 radical (unpaired) electrons. The lowest BCUT2D eigenvalue weighted by Gasteiger charge is -2.19. The summed E-state index contributed by atoms with van der Waals surface area (Å²) < 4.78 is 52.3. The predicted molar refractivity (Wildman–Crippen MR) is 117 cm³/mol. The SMILES string of the molecule is C=CCN(C/C=C(\C)CS(=O)(=O)c1ccc(C)cc1)S(=O)(=O)c1ccc(C)cc1. The molecule has 0 heterocycles. The van der Waals surface area contributed by atoms with E-state index >= 15 is 0 Å². The highest BCUT2D eigenvalue weighted by atomic mass is 32.2. The van der Waals surface area contributed by atoms with Crippen molar-refractivity contribution in [2.45, 2.75) is 30.6 Å². The van der Waals surface area contributed by atoms with Gasteiger partial charge in [-0.1, -0.05) is 53.1 Å². The van der Waals surface area contributed by atoms with Crippen LogP contribution in [0.1, 0.15) is 18.1 Å². The fourth-order valence-electron chi connectivity index (χ4n) is 2.72. The van der Waals surface area contributed by atoms with Crippen LogP contribution in [0, 0.1) is 13.8 Å². The number of rotatable bonds is 9. The van der Waals surface area contributed by atoms with E-state index in [2.05, 4.69) is 6.58 Å². The molecule has 29 heavy (non-hydrogen) atoms. The Balaban J connectivity index is 2.19. The molecule has 0 fully saturated rings. The number of benzene rings is 2. The topological polar surface area (TPSA) is 71.5 Å². The summed E-state index contributed by atoms with van der Waals surface area (Å²) in [6.07, 6.45) is 3.15. The molecular formula is C22H27NO4S2. The zero-order chi connectivity index (χ0) is 21.7. The van der Waals surface area contributed by atoms with Gasteiger partial charge in [-0.25, -0.2) is 16.8 Å². The standard InChI is InChI=1S/C22H27NO4S2/c1-5-15-23(29(26,27)22-12-8-19(3)9-13-22)16-14-20(4)17-28(24,25)21-10-6-18(2)7-11-21/h5-14H,1,15-17H2,2-4H3/b20-14+. The highest BCUT2D eigenvalue weighted by Gasteiger charge is 2.23. The van der Waals surface area contributed by atoms with Gasteiger partial charge in [0.2, 0.25) is 10.0 Å². The molecule has 0 spiro atoms. The summed E-state index contributed by atoms with van der Waals surface area (Å²) >= 11 is 0. The Morgan fingerprint density at radius 3 is 1.83 bits per heavy atom. The molecule has 0 aliphatic heterocycles. The van der Waals surface area contributed by atoms with Gasteiger partial charge in [-0.2, -0.15) is 4.31 Å². The Kier molecular flexibility index (Phi) is 7.57. The molecule has 0 aliphatic rings. The second-order valence-electron chi connectivity index (χ2n) is 7.05. The van der Waals surface area contributed by atoms with Crippen LogP contribution in [-0.4, -0.2) is 40.0 Å². The van der Waals surface area contributed by atoms with Gasteiger partial charge in [-0.05, 0) is 45.0 Å². The summed E-state index contributed by atoms with van der Waals surface area (Å²) in [6.45, 7) is 9.30. The molecule has 5 nitrogen and oxygen atoms in total. The van der Waals surface area contributed by atoms with E-state index in [9.17, 15) is 16.8 Å². The number of hydrogen-bond donors (Lipinski definition) is 0. The van der Waals surface area contributed by atoms with Crippen molar-refractivity contribution in [3.05, 3.63) is 84.0 Å². The molecule has 2 rings (SSSR count). The predicted octanol–water partition coefficient (Wildman–Crippen LogP) is 3.90. The van der Waals surface area contributed by atoms with E-state index < -0.39 is 19.9 Å². The first-order chi connectivity index (χ1) is 13.6. The Morgan fingerprint density at radius 2 is 1.34 bits per heavy atom. The van der Waals surface area contributed by atoms with Crippen LogP contribution in [0.25, 0.3) is 0 Å². The number of nitrogens with zero attached hydrogens (tertiary/aromatic N) is 1. The Bertz CT molecular complexity index is 1080. The van der Waals surface area contributed by atoms with Crippen LogP contribution in [0.5, 0.6) is 0 Å². The number of sulfone groups is 1. The van der Waals surface area contributed by atoms with Crippen molar-refractivity contribution >= 4 is 19.9 Å².